The van der Waals surface area contributed by atoms with Gasteiger partial charge in [0.25, 0.3) is 0 Å². The van der Waals surface area contributed by atoms with Crippen molar-refractivity contribution in [3.05, 3.63) is 35.9 Å². The molecule has 0 saturated carbocycles. The average molecular weight is 466 g/mol. The van der Waals surface area contributed by atoms with Crippen LogP contribution in [0.25, 0.3) is 0 Å². The van der Waals surface area contributed by atoms with Gasteiger partial charge in [-0.3, -0.25) is 14.4 Å². The minimum atomic E-state index is -1.08. The summed E-state index contributed by atoms with van der Waals surface area (Å²) in [5, 5.41) is 15.0. The summed E-state index contributed by atoms with van der Waals surface area (Å²) >= 11 is 3.58. The molecular weight excluding hydrogens is 442 g/mol. The SMILES string of the molecule is CNC(=O)[C@H]1[C@@H]2OC3(CC2Br)C(C(=O)NCc2ccccc2)N(CCO)C(=O)[C@H]13. The predicted octanol–water partition coefficient (Wildman–Crippen LogP) is -0.211. The number of nitrogens with zero attached hydrogens (tertiary/aromatic N) is 1. The minimum Gasteiger partial charge on any atom is -0.395 e. The van der Waals surface area contributed by atoms with Gasteiger partial charge in [-0.15, -0.1) is 0 Å². The van der Waals surface area contributed by atoms with Crippen molar-refractivity contribution in [2.75, 3.05) is 20.2 Å². The van der Waals surface area contributed by atoms with E-state index in [4.69, 9.17) is 4.74 Å². The second kappa shape index (κ2) is 7.70. The zero-order valence-corrected chi connectivity index (χ0v) is 17.6. The Balaban J connectivity index is 1.65. The smallest absolute Gasteiger partial charge is 0.246 e. The highest BCUT2D eigenvalue weighted by atomic mass is 79.9. The molecule has 9 heteroatoms. The molecule has 0 aromatic heterocycles. The van der Waals surface area contributed by atoms with E-state index in [1.165, 1.54) is 11.9 Å². The predicted molar refractivity (Wildman–Crippen MR) is 107 cm³/mol. The highest BCUT2D eigenvalue weighted by Crippen LogP contribution is 2.59. The largest absolute Gasteiger partial charge is 0.395 e. The van der Waals surface area contributed by atoms with E-state index in [-0.39, 0.29) is 35.7 Å². The molecule has 1 spiro atoms. The van der Waals surface area contributed by atoms with Gasteiger partial charge in [0.2, 0.25) is 17.7 Å². The zero-order chi connectivity index (χ0) is 20.8. The van der Waals surface area contributed by atoms with Crippen LogP contribution in [0.15, 0.2) is 30.3 Å². The van der Waals surface area contributed by atoms with Gasteiger partial charge in [-0.2, -0.15) is 0 Å². The van der Waals surface area contributed by atoms with Crippen LogP contribution in [0.4, 0.5) is 0 Å². The lowest BCUT2D eigenvalue weighted by atomic mass is 9.70. The number of amides is 3. The Bertz CT molecular complexity index is 822. The van der Waals surface area contributed by atoms with Crippen LogP contribution in [0.2, 0.25) is 0 Å². The second-order valence-electron chi connectivity index (χ2n) is 7.74. The van der Waals surface area contributed by atoms with Crippen molar-refractivity contribution < 1.29 is 24.2 Å². The van der Waals surface area contributed by atoms with Crippen LogP contribution < -0.4 is 10.6 Å². The molecule has 2 bridgehead atoms. The Kier molecular flexibility index (Phi) is 5.39. The van der Waals surface area contributed by atoms with Crippen molar-refractivity contribution in [1.82, 2.24) is 15.5 Å². The summed E-state index contributed by atoms with van der Waals surface area (Å²) in [5.41, 5.74) is -0.144. The zero-order valence-electron chi connectivity index (χ0n) is 16.0. The first-order valence-corrected chi connectivity index (χ1v) is 10.6. The van der Waals surface area contributed by atoms with E-state index in [2.05, 4.69) is 26.6 Å². The quantitative estimate of drug-likeness (QED) is 0.503. The van der Waals surface area contributed by atoms with Crippen LogP contribution in [0.3, 0.4) is 0 Å². The fraction of sp³-hybridized carbons (Fsp3) is 0.550. The Morgan fingerprint density at radius 1 is 1.31 bits per heavy atom. The van der Waals surface area contributed by atoms with E-state index in [1.807, 2.05) is 30.3 Å². The van der Waals surface area contributed by atoms with Crippen LogP contribution in [0.1, 0.15) is 12.0 Å². The number of ether oxygens (including phenoxy) is 1. The van der Waals surface area contributed by atoms with Crippen molar-refractivity contribution >= 4 is 33.7 Å². The number of benzene rings is 1. The lowest BCUT2D eigenvalue weighted by molar-refractivity contribution is -0.142. The molecule has 0 radical (unpaired) electrons. The average Bonchev–Trinajstić information content (AvgIpc) is 3.31. The number of carbonyl (C=O) groups is 3. The summed E-state index contributed by atoms with van der Waals surface area (Å²) in [4.78, 5) is 40.3. The van der Waals surface area contributed by atoms with Gasteiger partial charge in [-0.25, -0.2) is 0 Å². The maximum absolute atomic E-state index is 13.2. The molecule has 156 valence electrons. The van der Waals surface area contributed by atoms with Gasteiger partial charge in [0.15, 0.2) is 0 Å². The molecule has 3 fully saturated rings. The molecule has 3 saturated heterocycles. The van der Waals surface area contributed by atoms with E-state index >= 15 is 0 Å². The molecule has 0 aliphatic carbocycles. The number of β-amino-alcohol motifs (C(OH)–C–C–N with tert-alkyl or cyclic N) is 1. The standard InChI is InChI=1S/C20H24BrN3O5/c1-22-17(26)13-14-19(28)24(7-8-25)16(20(14)9-12(21)15(13)29-20)18(27)23-10-11-5-3-2-4-6-11/h2-6,12-16,25H,7-10H2,1H3,(H,22,26)(H,23,27)/t12?,13-,14+,15-,16?,20?/m1/s1. The number of fused-ring (bicyclic) bond motifs is 1. The molecule has 1 aromatic rings. The van der Waals surface area contributed by atoms with Gasteiger partial charge in [-0.1, -0.05) is 46.3 Å². The molecule has 8 nitrogen and oxygen atoms in total. The van der Waals surface area contributed by atoms with Gasteiger partial charge < -0.3 is 25.4 Å². The van der Waals surface area contributed by atoms with Crippen LogP contribution in [0.5, 0.6) is 0 Å². The van der Waals surface area contributed by atoms with Crippen molar-refractivity contribution in [3.63, 3.8) is 0 Å². The number of rotatable bonds is 6. The maximum Gasteiger partial charge on any atom is 0.246 e. The van der Waals surface area contributed by atoms with Gasteiger partial charge in [0.05, 0.1) is 24.5 Å². The highest BCUT2D eigenvalue weighted by molar-refractivity contribution is 9.09. The summed E-state index contributed by atoms with van der Waals surface area (Å²) in [6, 6.07) is 8.58. The molecule has 3 amide bonds. The Morgan fingerprint density at radius 3 is 2.69 bits per heavy atom. The van der Waals surface area contributed by atoms with E-state index in [9.17, 15) is 19.5 Å². The summed E-state index contributed by atoms with van der Waals surface area (Å²) in [6.07, 6.45) is -0.0167. The first-order valence-electron chi connectivity index (χ1n) is 9.71. The molecule has 3 unspecified atom stereocenters. The molecule has 29 heavy (non-hydrogen) atoms. The molecule has 3 heterocycles. The fourth-order valence-electron chi connectivity index (χ4n) is 5.13. The Hall–Kier alpha value is -1.97. The van der Waals surface area contributed by atoms with E-state index < -0.39 is 29.6 Å². The summed E-state index contributed by atoms with van der Waals surface area (Å²) in [5.74, 6) is -2.32. The summed E-state index contributed by atoms with van der Waals surface area (Å²) in [7, 11) is 1.53. The highest BCUT2D eigenvalue weighted by Gasteiger charge is 2.76. The van der Waals surface area contributed by atoms with Crippen molar-refractivity contribution in [1.29, 1.82) is 0 Å². The van der Waals surface area contributed by atoms with Gasteiger partial charge >= 0.3 is 0 Å². The van der Waals surface area contributed by atoms with Crippen LogP contribution in [0, 0.1) is 11.8 Å². The van der Waals surface area contributed by atoms with E-state index in [1.54, 1.807) is 0 Å². The second-order valence-corrected chi connectivity index (χ2v) is 8.91. The van der Waals surface area contributed by atoms with Crippen molar-refractivity contribution in [2.24, 2.45) is 11.8 Å². The fourth-order valence-corrected chi connectivity index (χ4v) is 6.07. The minimum absolute atomic E-state index is 0.0158. The van der Waals surface area contributed by atoms with E-state index in [0.29, 0.717) is 13.0 Å². The monoisotopic (exact) mass is 465 g/mol. The van der Waals surface area contributed by atoms with Crippen LogP contribution in [-0.2, 0) is 25.7 Å². The number of aliphatic hydroxyl groups excluding tert-OH is 1. The molecule has 1 aromatic carbocycles. The Morgan fingerprint density at radius 2 is 2.03 bits per heavy atom. The number of hydrogen-bond acceptors (Lipinski definition) is 5. The molecular formula is C20H24BrN3O5. The Labute approximate surface area is 177 Å². The first kappa shape index (κ1) is 20.3. The molecule has 3 aliphatic rings. The lowest BCUT2D eigenvalue weighted by Crippen LogP contribution is -2.56. The number of likely N-dealkylation sites (tertiary alicyclic amines) is 1. The molecule has 3 aliphatic heterocycles. The summed E-state index contributed by atoms with van der Waals surface area (Å²) < 4.78 is 6.25. The van der Waals surface area contributed by atoms with Gasteiger partial charge in [0.1, 0.15) is 11.6 Å². The number of halogens is 1. The molecule has 6 atom stereocenters. The van der Waals surface area contributed by atoms with Gasteiger partial charge in [0, 0.05) is 25.0 Å². The third-order valence-electron chi connectivity index (χ3n) is 6.24. The topological polar surface area (TPSA) is 108 Å². The number of hydrogen-bond donors (Lipinski definition) is 3. The number of nitrogens with one attached hydrogen (secondary N) is 2. The third kappa shape index (κ3) is 3.06. The number of carbonyl (C=O) groups excluding carboxylic acids is 3. The van der Waals surface area contributed by atoms with Crippen LogP contribution in [-0.4, -0.2) is 70.5 Å². The van der Waals surface area contributed by atoms with Crippen LogP contribution >= 0.6 is 15.9 Å². The third-order valence-corrected chi connectivity index (χ3v) is 7.08. The van der Waals surface area contributed by atoms with Gasteiger partial charge in [-0.05, 0) is 12.0 Å². The number of aliphatic hydroxyl groups is 1. The summed E-state index contributed by atoms with van der Waals surface area (Å²) in [6.45, 7) is 0.0584. The van der Waals surface area contributed by atoms with E-state index in [0.717, 1.165) is 5.56 Å². The van der Waals surface area contributed by atoms with Crippen molar-refractivity contribution in [3.8, 4) is 0 Å². The lowest BCUT2D eigenvalue weighted by Gasteiger charge is -2.33. The van der Waals surface area contributed by atoms with Crippen molar-refractivity contribution in [2.45, 2.75) is 35.5 Å². The molecule has 4 rings (SSSR count). The molecule has 3 N–H and O–H groups in total. The maximum atomic E-state index is 13.2. The first-order chi connectivity index (χ1) is 13.9. The number of alkyl halides is 1. The normalized spacial score (nSPS) is 34.9.